The predicted octanol–water partition coefficient (Wildman–Crippen LogP) is 1.86. The Kier molecular flexibility index (Phi) is 1.93. The molecule has 0 spiro atoms. The number of fused-ring (bicyclic) bond motifs is 3. The highest BCUT2D eigenvalue weighted by atomic mass is 19.1. The average molecular weight is 222 g/mol. The highest BCUT2D eigenvalue weighted by Crippen LogP contribution is 2.58. The van der Waals surface area contributed by atoms with Crippen molar-refractivity contribution in [2.45, 2.75) is 18.9 Å². The summed E-state index contributed by atoms with van der Waals surface area (Å²) in [5.74, 6) is -0.0964. The molecule has 3 atom stereocenters. The third-order valence-electron chi connectivity index (χ3n) is 3.11. The molecule has 1 aliphatic carbocycles. The minimum Gasteiger partial charge on any atom is -0.489 e. The molecule has 2 aliphatic rings. The average Bonchev–Trinajstić information content (AvgIpc) is 2.85. The Hall–Kier alpha value is -1.58. The molecule has 1 aromatic carbocycles. The Balaban J connectivity index is 1.84. The van der Waals surface area contributed by atoms with E-state index < -0.39 is 0 Å². The van der Waals surface area contributed by atoms with Crippen molar-refractivity contribution in [3.8, 4) is 5.75 Å². The van der Waals surface area contributed by atoms with E-state index in [4.69, 9.17) is 9.47 Å². The van der Waals surface area contributed by atoms with Gasteiger partial charge in [-0.2, -0.15) is 0 Å². The van der Waals surface area contributed by atoms with Crippen molar-refractivity contribution in [1.29, 1.82) is 0 Å². The minimum absolute atomic E-state index is 0.00949. The van der Waals surface area contributed by atoms with Crippen LogP contribution in [0.25, 0.3) is 0 Å². The summed E-state index contributed by atoms with van der Waals surface area (Å²) < 4.78 is 23.5. The molecule has 1 heterocycles. The SMILES string of the molecule is CCOC(=O)C1C2Oc3ccc(F)cc3C21. The van der Waals surface area contributed by atoms with Crippen molar-refractivity contribution >= 4 is 5.97 Å². The van der Waals surface area contributed by atoms with Gasteiger partial charge in [-0.3, -0.25) is 4.79 Å². The fraction of sp³-hybridized carbons (Fsp3) is 0.417. The summed E-state index contributed by atoms with van der Waals surface area (Å²) in [6.07, 6.45) is -0.143. The van der Waals surface area contributed by atoms with E-state index in [-0.39, 0.29) is 29.7 Å². The zero-order chi connectivity index (χ0) is 11.3. The van der Waals surface area contributed by atoms with Crippen LogP contribution >= 0.6 is 0 Å². The lowest BCUT2D eigenvalue weighted by Crippen LogP contribution is -2.13. The van der Waals surface area contributed by atoms with Crippen LogP contribution in [0, 0.1) is 11.7 Å². The van der Waals surface area contributed by atoms with Crippen LogP contribution in [0.15, 0.2) is 18.2 Å². The van der Waals surface area contributed by atoms with E-state index in [1.165, 1.54) is 12.1 Å². The van der Waals surface area contributed by atoms with E-state index in [1.54, 1.807) is 13.0 Å². The Morgan fingerprint density at radius 2 is 2.38 bits per heavy atom. The number of benzene rings is 1. The van der Waals surface area contributed by atoms with Gasteiger partial charge in [-0.15, -0.1) is 0 Å². The van der Waals surface area contributed by atoms with Gasteiger partial charge < -0.3 is 9.47 Å². The van der Waals surface area contributed by atoms with E-state index in [1.807, 2.05) is 0 Å². The molecule has 1 aromatic rings. The highest BCUT2D eigenvalue weighted by molar-refractivity contribution is 5.80. The summed E-state index contributed by atoms with van der Waals surface area (Å²) in [5, 5.41) is 0. The maximum absolute atomic E-state index is 13.1. The van der Waals surface area contributed by atoms with E-state index in [9.17, 15) is 9.18 Å². The Labute approximate surface area is 92.2 Å². The first-order valence-corrected chi connectivity index (χ1v) is 5.35. The van der Waals surface area contributed by atoms with Gasteiger partial charge in [-0.25, -0.2) is 4.39 Å². The molecule has 3 rings (SSSR count). The third kappa shape index (κ3) is 1.22. The van der Waals surface area contributed by atoms with Crippen molar-refractivity contribution in [2.75, 3.05) is 6.61 Å². The normalized spacial score (nSPS) is 29.0. The number of rotatable bonds is 2. The van der Waals surface area contributed by atoms with Gasteiger partial charge in [0.15, 0.2) is 0 Å². The summed E-state index contributed by atoms with van der Waals surface area (Å²) in [5.41, 5.74) is 0.794. The number of carbonyl (C=O) groups is 1. The van der Waals surface area contributed by atoms with Gasteiger partial charge in [-0.05, 0) is 25.1 Å². The van der Waals surface area contributed by atoms with Gasteiger partial charge in [0.25, 0.3) is 0 Å². The summed E-state index contributed by atoms with van der Waals surface area (Å²) in [4.78, 5) is 11.5. The van der Waals surface area contributed by atoms with Crippen LogP contribution in [0.3, 0.4) is 0 Å². The van der Waals surface area contributed by atoms with Crippen LogP contribution < -0.4 is 4.74 Å². The van der Waals surface area contributed by atoms with E-state index in [2.05, 4.69) is 0 Å². The third-order valence-corrected chi connectivity index (χ3v) is 3.11. The van der Waals surface area contributed by atoms with Crippen molar-refractivity contribution in [1.82, 2.24) is 0 Å². The molecule has 4 heteroatoms. The molecule has 0 N–H and O–H groups in total. The lowest BCUT2D eigenvalue weighted by Gasteiger charge is -2.07. The molecule has 1 aliphatic heterocycles. The van der Waals surface area contributed by atoms with Crippen LogP contribution in [0.1, 0.15) is 18.4 Å². The number of hydrogen-bond donors (Lipinski definition) is 0. The van der Waals surface area contributed by atoms with Gasteiger partial charge in [-0.1, -0.05) is 0 Å². The molecule has 3 unspecified atom stereocenters. The van der Waals surface area contributed by atoms with Crippen molar-refractivity contribution in [3.05, 3.63) is 29.6 Å². The molecule has 3 nitrogen and oxygen atoms in total. The molecule has 84 valence electrons. The fourth-order valence-electron chi connectivity index (χ4n) is 2.35. The standard InChI is InChI=1S/C12H11FO3/c1-2-15-12(14)10-9-7-5-6(13)3-4-8(7)16-11(9)10/h3-5,9-11H,2H2,1H3. The Morgan fingerprint density at radius 1 is 1.56 bits per heavy atom. The topological polar surface area (TPSA) is 35.5 Å². The van der Waals surface area contributed by atoms with Crippen molar-refractivity contribution in [3.63, 3.8) is 0 Å². The molecule has 0 saturated heterocycles. The first-order valence-electron chi connectivity index (χ1n) is 5.35. The minimum atomic E-state index is -0.294. The number of ether oxygens (including phenoxy) is 2. The molecule has 1 fully saturated rings. The van der Waals surface area contributed by atoms with Crippen LogP contribution in [-0.4, -0.2) is 18.7 Å². The summed E-state index contributed by atoms with van der Waals surface area (Å²) in [6, 6.07) is 4.42. The van der Waals surface area contributed by atoms with Gasteiger partial charge >= 0.3 is 5.97 Å². The Bertz CT molecular complexity index is 458. The second-order valence-corrected chi connectivity index (χ2v) is 4.07. The Morgan fingerprint density at radius 3 is 3.12 bits per heavy atom. The maximum Gasteiger partial charge on any atom is 0.313 e. The molecule has 0 radical (unpaired) electrons. The number of carbonyl (C=O) groups excluding carboxylic acids is 1. The molecule has 1 saturated carbocycles. The summed E-state index contributed by atoms with van der Waals surface area (Å²) in [7, 11) is 0. The first-order chi connectivity index (χ1) is 7.72. The quantitative estimate of drug-likeness (QED) is 0.716. The largest absolute Gasteiger partial charge is 0.489 e. The summed E-state index contributed by atoms with van der Waals surface area (Å²) in [6.45, 7) is 2.13. The van der Waals surface area contributed by atoms with Crippen molar-refractivity contribution in [2.24, 2.45) is 5.92 Å². The molecule has 0 bridgehead atoms. The molecular weight excluding hydrogens is 211 g/mol. The smallest absolute Gasteiger partial charge is 0.313 e. The van der Waals surface area contributed by atoms with Gasteiger partial charge in [0.2, 0.25) is 0 Å². The lowest BCUT2D eigenvalue weighted by molar-refractivity contribution is -0.145. The lowest BCUT2D eigenvalue weighted by atomic mass is 10.1. The number of hydrogen-bond acceptors (Lipinski definition) is 3. The van der Waals surface area contributed by atoms with Gasteiger partial charge in [0.05, 0.1) is 6.61 Å². The summed E-state index contributed by atoms with van der Waals surface area (Å²) >= 11 is 0. The second kappa shape index (κ2) is 3.20. The van der Waals surface area contributed by atoms with E-state index in [0.29, 0.717) is 12.4 Å². The number of esters is 1. The van der Waals surface area contributed by atoms with Crippen LogP contribution in [0.2, 0.25) is 0 Å². The van der Waals surface area contributed by atoms with Gasteiger partial charge in [0.1, 0.15) is 23.6 Å². The number of halogens is 1. The van der Waals surface area contributed by atoms with Crippen LogP contribution in [-0.2, 0) is 9.53 Å². The molecule has 16 heavy (non-hydrogen) atoms. The maximum atomic E-state index is 13.1. The van der Waals surface area contributed by atoms with Crippen LogP contribution in [0.4, 0.5) is 4.39 Å². The molecule has 0 amide bonds. The first kappa shape index (κ1) is 9.63. The zero-order valence-corrected chi connectivity index (χ0v) is 8.77. The fourth-order valence-corrected chi connectivity index (χ4v) is 2.35. The zero-order valence-electron chi connectivity index (χ0n) is 8.77. The monoisotopic (exact) mass is 222 g/mol. The van der Waals surface area contributed by atoms with Crippen molar-refractivity contribution < 1.29 is 18.7 Å². The van der Waals surface area contributed by atoms with E-state index in [0.717, 1.165) is 5.56 Å². The van der Waals surface area contributed by atoms with Crippen LogP contribution in [0.5, 0.6) is 5.75 Å². The molecule has 0 aromatic heterocycles. The van der Waals surface area contributed by atoms with Gasteiger partial charge in [0, 0.05) is 11.5 Å². The highest BCUT2D eigenvalue weighted by Gasteiger charge is 2.63. The molecular formula is C12H11FO3. The predicted molar refractivity (Wildman–Crippen MR) is 53.7 cm³/mol. The second-order valence-electron chi connectivity index (χ2n) is 4.07. The van der Waals surface area contributed by atoms with E-state index >= 15 is 0 Å².